The van der Waals surface area contributed by atoms with Gasteiger partial charge in [-0.15, -0.1) is 0 Å². The first-order chi connectivity index (χ1) is 14.0. The molecule has 3 aromatic rings. The number of hydrogen-bond donors (Lipinski definition) is 0. The van der Waals surface area contributed by atoms with Crippen LogP contribution in [0, 0.1) is 59.3 Å². The maximum atomic E-state index is 14.4. The highest BCUT2D eigenvalue weighted by atomic mass is 19.2. The molecule has 0 aliphatic rings. The Balaban J connectivity index is 2.44. The lowest BCUT2D eigenvalue weighted by Crippen LogP contribution is -2.07. The minimum absolute atomic E-state index is 0.716. The summed E-state index contributed by atoms with van der Waals surface area (Å²) in [5.74, 6) is -19.3. The van der Waals surface area contributed by atoms with Gasteiger partial charge in [-0.1, -0.05) is 18.2 Å². The molecule has 0 saturated carbocycles. The predicted octanol–water partition coefficient (Wildman–Crippen LogP) is 6.59. The minimum atomic E-state index is -2.41. The maximum Gasteiger partial charge on any atom is 0.200 e. The maximum absolute atomic E-state index is 14.4. The molecule has 10 heteroatoms. The van der Waals surface area contributed by atoms with Crippen LogP contribution in [0.2, 0.25) is 0 Å². The second-order valence-corrected chi connectivity index (χ2v) is 6.09. The van der Waals surface area contributed by atoms with Gasteiger partial charge in [0.25, 0.3) is 0 Å². The highest BCUT2D eigenvalue weighted by Gasteiger charge is 2.31. The van der Waals surface area contributed by atoms with Crippen LogP contribution in [0.3, 0.4) is 0 Å². The zero-order valence-corrected chi connectivity index (χ0v) is 15.0. The van der Waals surface area contributed by atoms with Crippen LogP contribution in [-0.2, 0) is 0 Å². The molecule has 0 radical (unpaired) electrons. The van der Waals surface area contributed by atoms with Crippen molar-refractivity contribution in [2.45, 2.75) is 6.92 Å². The molecule has 0 spiro atoms. The summed E-state index contributed by atoms with van der Waals surface area (Å²) < 4.78 is 131. The number of ether oxygens (including phenoxy) is 1. The standard InChI is InChI=1S/C20H9F9O/c1-6-11(21)13(23)9(14(24)12(6)22)7-4-3-5-8(20(7)30-2)10-15(25)17(27)19(29)18(28)16(10)26/h3-5H,1-2H3. The molecule has 0 aliphatic carbocycles. The zero-order valence-electron chi connectivity index (χ0n) is 15.0. The van der Waals surface area contributed by atoms with Crippen molar-refractivity contribution in [2.75, 3.05) is 7.11 Å². The van der Waals surface area contributed by atoms with Gasteiger partial charge in [0.2, 0.25) is 5.82 Å². The Morgan fingerprint density at radius 3 is 1.23 bits per heavy atom. The molecule has 0 fully saturated rings. The third-order valence-corrected chi connectivity index (χ3v) is 4.45. The third kappa shape index (κ3) is 2.98. The number of para-hydroxylation sites is 1. The van der Waals surface area contributed by atoms with Gasteiger partial charge in [0, 0.05) is 16.7 Å². The molecule has 30 heavy (non-hydrogen) atoms. The zero-order chi connectivity index (χ0) is 22.5. The fourth-order valence-corrected chi connectivity index (χ4v) is 2.97. The molecule has 0 heterocycles. The monoisotopic (exact) mass is 436 g/mol. The largest absolute Gasteiger partial charge is 0.495 e. The number of methoxy groups -OCH3 is 1. The Morgan fingerprint density at radius 2 is 0.867 bits per heavy atom. The van der Waals surface area contributed by atoms with Crippen LogP contribution in [-0.4, -0.2) is 7.11 Å². The van der Waals surface area contributed by atoms with Gasteiger partial charge in [0.1, 0.15) is 5.75 Å². The SMILES string of the molecule is COc1c(-c2c(F)c(F)c(C)c(F)c2F)cccc1-c1c(F)c(F)c(F)c(F)c1F. The predicted molar refractivity (Wildman–Crippen MR) is 88.2 cm³/mol. The molecule has 0 unspecified atom stereocenters. The van der Waals surface area contributed by atoms with Crippen LogP contribution < -0.4 is 4.74 Å². The Morgan fingerprint density at radius 1 is 0.533 bits per heavy atom. The fraction of sp³-hybridized carbons (Fsp3) is 0.100. The van der Waals surface area contributed by atoms with E-state index >= 15 is 0 Å². The van der Waals surface area contributed by atoms with Crippen molar-refractivity contribution in [2.24, 2.45) is 0 Å². The molecule has 3 aromatic carbocycles. The Bertz CT molecular complexity index is 1040. The summed E-state index contributed by atoms with van der Waals surface area (Å²) in [7, 11) is 0.866. The van der Waals surface area contributed by atoms with Crippen molar-refractivity contribution >= 4 is 0 Å². The fourth-order valence-electron chi connectivity index (χ4n) is 2.97. The lowest BCUT2D eigenvalue weighted by Gasteiger charge is -2.17. The average Bonchev–Trinajstić information content (AvgIpc) is 2.74. The van der Waals surface area contributed by atoms with E-state index in [-0.39, 0.29) is 0 Å². The van der Waals surface area contributed by atoms with Gasteiger partial charge < -0.3 is 4.74 Å². The van der Waals surface area contributed by atoms with Crippen molar-refractivity contribution < 1.29 is 44.3 Å². The summed E-state index contributed by atoms with van der Waals surface area (Å²) >= 11 is 0. The molecule has 158 valence electrons. The highest BCUT2D eigenvalue weighted by molar-refractivity contribution is 5.83. The van der Waals surface area contributed by atoms with E-state index in [0.29, 0.717) is 0 Å². The minimum Gasteiger partial charge on any atom is -0.495 e. The molecule has 0 amide bonds. The van der Waals surface area contributed by atoms with E-state index in [1.54, 1.807) is 0 Å². The molecule has 0 aliphatic heterocycles. The first-order valence-electron chi connectivity index (χ1n) is 8.06. The number of halogens is 9. The van der Waals surface area contributed by atoms with E-state index in [9.17, 15) is 39.5 Å². The van der Waals surface area contributed by atoms with Crippen LogP contribution in [0.25, 0.3) is 22.3 Å². The molecule has 1 nitrogen and oxygen atoms in total. The molecule has 0 bridgehead atoms. The first-order valence-corrected chi connectivity index (χ1v) is 8.06. The second-order valence-electron chi connectivity index (χ2n) is 6.09. The van der Waals surface area contributed by atoms with Crippen LogP contribution in [0.4, 0.5) is 39.5 Å². The summed E-state index contributed by atoms with van der Waals surface area (Å²) in [6.07, 6.45) is 0. The summed E-state index contributed by atoms with van der Waals surface area (Å²) in [6.45, 7) is 0.781. The van der Waals surface area contributed by atoms with Crippen molar-refractivity contribution in [3.05, 3.63) is 76.1 Å². The van der Waals surface area contributed by atoms with Gasteiger partial charge in [0.05, 0.1) is 18.2 Å². The van der Waals surface area contributed by atoms with E-state index in [1.807, 2.05) is 0 Å². The van der Waals surface area contributed by atoms with Gasteiger partial charge in [-0.2, -0.15) is 0 Å². The van der Waals surface area contributed by atoms with E-state index in [4.69, 9.17) is 4.74 Å². The Labute approximate surface area is 163 Å². The van der Waals surface area contributed by atoms with E-state index in [0.717, 1.165) is 32.2 Å². The summed E-state index contributed by atoms with van der Waals surface area (Å²) in [5.41, 5.74) is -5.18. The molecule has 0 aromatic heterocycles. The second kappa shape index (κ2) is 7.58. The van der Waals surface area contributed by atoms with Crippen molar-refractivity contribution in [3.8, 4) is 28.0 Å². The lowest BCUT2D eigenvalue weighted by atomic mass is 9.94. The summed E-state index contributed by atoms with van der Waals surface area (Å²) in [6, 6.07) is 2.67. The van der Waals surface area contributed by atoms with Gasteiger partial charge >= 0.3 is 0 Å². The van der Waals surface area contributed by atoms with E-state index in [2.05, 4.69) is 0 Å². The van der Waals surface area contributed by atoms with Crippen LogP contribution in [0.15, 0.2) is 18.2 Å². The highest BCUT2D eigenvalue weighted by Crippen LogP contribution is 2.44. The van der Waals surface area contributed by atoms with Crippen LogP contribution in [0.1, 0.15) is 5.56 Å². The molecular weight excluding hydrogens is 427 g/mol. The summed E-state index contributed by atoms with van der Waals surface area (Å²) in [4.78, 5) is 0. The van der Waals surface area contributed by atoms with Gasteiger partial charge in [-0.05, 0) is 6.92 Å². The summed E-state index contributed by atoms with van der Waals surface area (Å²) in [5, 5.41) is 0. The molecule has 0 N–H and O–H groups in total. The number of benzene rings is 3. The molecule has 3 rings (SSSR count). The van der Waals surface area contributed by atoms with Crippen LogP contribution in [0.5, 0.6) is 5.75 Å². The Kier molecular flexibility index (Phi) is 5.44. The first kappa shape index (κ1) is 21.5. The van der Waals surface area contributed by atoms with Gasteiger partial charge in [-0.25, -0.2) is 39.5 Å². The van der Waals surface area contributed by atoms with Crippen molar-refractivity contribution in [3.63, 3.8) is 0 Å². The van der Waals surface area contributed by atoms with E-state index < -0.39 is 85.9 Å². The van der Waals surface area contributed by atoms with Gasteiger partial charge in [-0.3, -0.25) is 0 Å². The smallest absolute Gasteiger partial charge is 0.200 e. The molecule has 0 saturated heterocycles. The van der Waals surface area contributed by atoms with Crippen molar-refractivity contribution in [1.29, 1.82) is 0 Å². The van der Waals surface area contributed by atoms with Crippen LogP contribution >= 0.6 is 0 Å². The normalized spacial score (nSPS) is 11.2. The van der Waals surface area contributed by atoms with Gasteiger partial charge in [0.15, 0.2) is 46.5 Å². The van der Waals surface area contributed by atoms with Crippen molar-refractivity contribution in [1.82, 2.24) is 0 Å². The number of rotatable bonds is 3. The molecular formula is C20H9F9O. The quantitative estimate of drug-likeness (QED) is 0.256. The number of hydrogen-bond acceptors (Lipinski definition) is 1. The topological polar surface area (TPSA) is 9.23 Å². The Hall–Kier alpha value is -3.17. The average molecular weight is 436 g/mol. The molecule has 0 atom stereocenters. The third-order valence-electron chi connectivity index (χ3n) is 4.45. The van der Waals surface area contributed by atoms with E-state index in [1.165, 1.54) is 0 Å². The lowest BCUT2D eigenvalue weighted by molar-refractivity contribution is 0.379.